The number of rotatable bonds is 5. The second-order valence-electron chi connectivity index (χ2n) is 4.90. The van der Waals surface area contributed by atoms with Crippen molar-refractivity contribution in [1.82, 2.24) is 10.4 Å². The summed E-state index contributed by atoms with van der Waals surface area (Å²) in [5.41, 5.74) is 4.81. The molecule has 1 aliphatic rings. The van der Waals surface area contributed by atoms with Crippen LogP contribution in [0.1, 0.15) is 30.0 Å². The fourth-order valence-corrected chi connectivity index (χ4v) is 2.20. The van der Waals surface area contributed by atoms with Crippen molar-refractivity contribution in [2.75, 3.05) is 0 Å². The molecule has 1 heterocycles. The third-order valence-corrected chi connectivity index (χ3v) is 3.49. The third kappa shape index (κ3) is 3.10. The smallest absolute Gasteiger partial charge is 0.129 e. The lowest BCUT2D eigenvalue weighted by Gasteiger charge is -2.17. The largest absolute Gasteiger partial charge is 0.490 e. The number of nitrogens with two attached hydrogens (primary N) is 1. The minimum Gasteiger partial charge on any atom is -0.490 e. The van der Waals surface area contributed by atoms with Crippen LogP contribution in [0.3, 0.4) is 0 Å². The second kappa shape index (κ2) is 5.79. The summed E-state index contributed by atoms with van der Waals surface area (Å²) in [6, 6.07) is 11.5. The molecule has 5 heteroatoms. The molecule has 0 bridgehead atoms. The first-order valence-corrected chi connectivity index (χ1v) is 6.98. The topological polar surface area (TPSA) is 60.2 Å². The van der Waals surface area contributed by atoms with Crippen LogP contribution in [0.4, 0.5) is 0 Å². The molecule has 1 saturated carbocycles. The molecular formula is C15H16ClN3O. The average Bonchev–Trinajstić information content (AvgIpc) is 3.26. The van der Waals surface area contributed by atoms with Crippen molar-refractivity contribution < 1.29 is 4.74 Å². The molecule has 20 heavy (non-hydrogen) atoms. The van der Waals surface area contributed by atoms with E-state index in [0.29, 0.717) is 11.3 Å². The standard InChI is InChI=1S/C15H16ClN3O/c16-14-7-4-11(9-18-14)15(19-17)10-2-1-3-13(8-10)20-12-5-6-12/h1-4,7-9,12,15,19H,5-6,17H2. The Morgan fingerprint density at radius 2 is 2.10 bits per heavy atom. The highest BCUT2D eigenvalue weighted by atomic mass is 35.5. The van der Waals surface area contributed by atoms with E-state index in [1.165, 1.54) is 0 Å². The molecule has 0 amide bonds. The van der Waals surface area contributed by atoms with Gasteiger partial charge in [0.1, 0.15) is 10.9 Å². The van der Waals surface area contributed by atoms with Crippen molar-refractivity contribution in [3.63, 3.8) is 0 Å². The van der Waals surface area contributed by atoms with Gasteiger partial charge in [-0.3, -0.25) is 5.84 Å². The minimum atomic E-state index is -0.137. The molecule has 1 unspecified atom stereocenters. The van der Waals surface area contributed by atoms with Crippen molar-refractivity contribution in [2.45, 2.75) is 25.0 Å². The molecular weight excluding hydrogens is 274 g/mol. The summed E-state index contributed by atoms with van der Waals surface area (Å²) in [5, 5.41) is 0.468. The molecule has 0 spiro atoms. The van der Waals surface area contributed by atoms with Gasteiger partial charge in [0.05, 0.1) is 12.1 Å². The van der Waals surface area contributed by atoms with Crippen molar-refractivity contribution in [1.29, 1.82) is 0 Å². The van der Waals surface area contributed by atoms with Crippen molar-refractivity contribution >= 4 is 11.6 Å². The number of hydrogen-bond acceptors (Lipinski definition) is 4. The number of aromatic nitrogens is 1. The van der Waals surface area contributed by atoms with Gasteiger partial charge in [0.2, 0.25) is 0 Å². The zero-order chi connectivity index (χ0) is 13.9. The predicted molar refractivity (Wildman–Crippen MR) is 78.5 cm³/mol. The number of ether oxygens (including phenoxy) is 1. The Bertz CT molecular complexity index is 584. The highest BCUT2D eigenvalue weighted by Gasteiger charge is 2.23. The molecule has 1 aliphatic carbocycles. The third-order valence-electron chi connectivity index (χ3n) is 3.27. The molecule has 0 saturated heterocycles. The molecule has 1 aromatic heterocycles. The Morgan fingerprint density at radius 1 is 1.25 bits per heavy atom. The van der Waals surface area contributed by atoms with Crippen LogP contribution in [-0.4, -0.2) is 11.1 Å². The molecule has 104 valence electrons. The molecule has 4 nitrogen and oxygen atoms in total. The van der Waals surface area contributed by atoms with E-state index in [1.54, 1.807) is 12.3 Å². The normalized spacial score (nSPS) is 15.9. The van der Waals surface area contributed by atoms with Crippen LogP contribution < -0.4 is 16.0 Å². The molecule has 1 atom stereocenters. The molecule has 0 aliphatic heterocycles. The lowest BCUT2D eigenvalue weighted by atomic mass is 10.0. The van der Waals surface area contributed by atoms with Gasteiger partial charge in [-0.25, -0.2) is 10.4 Å². The Morgan fingerprint density at radius 3 is 2.75 bits per heavy atom. The van der Waals surface area contributed by atoms with E-state index in [4.69, 9.17) is 22.2 Å². The van der Waals surface area contributed by atoms with E-state index >= 15 is 0 Å². The van der Waals surface area contributed by atoms with Crippen LogP contribution in [0.15, 0.2) is 42.6 Å². The number of nitrogens with zero attached hydrogens (tertiary/aromatic N) is 1. The van der Waals surface area contributed by atoms with Crippen LogP contribution >= 0.6 is 11.6 Å². The molecule has 3 rings (SSSR count). The fraction of sp³-hybridized carbons (Fsp3) is 0.267. The fourth-order valence-electron chi connectivity index (χ4n) is 2.09. The number of nitrogens with one attached hydrogen (secondary N) is 1. The summed E-state index contributed by atoms with van der Waals surface area (Å²) in [7, 11) is 0. The summed E-state index contributed by atoms with van der Waals surface area (Å²) < 4.78 is 5.81. The van der Waals surface area contributed by atoms with Gasteiger partial charge in [-0.1, -0.05) is 29.8 Å². The molecule has 2 aromatic rings. The van der Waals surface area contributed by atoms with Gasteiger partial charge >= 0.3 is 0 Å². The van der Waals surface area contributed by atoms with E-state index in [2.05, 4.69) is 10.4 Å². The summed E-state index contributed by atoms with van der Waals surface area (Å²) in [6.07, 6.45) is 4.39. The number of benzene rings is 1. The maximum atomic E-state index is 5.81. The van der Waals surface area contributed by atoms with Crippen molar-refractivity contribution in [2.24, 2.45) is 5.84 Å². The van der Waals surface area contributed by atoms with E-state index in [0.717, 1.165) is 29.7 Å². The highest BCUT2D eigenvalue weighted by Crippen LogP contribution is 2.29. The van der Waals surface area contributed by atoms with Gasteiger partial charge in [0.25, 0.3) is 0 Å². The summed E-state index contributed by atoms with van der Waals surface area (Å²) in [4.78, 5) is 4.09. The Balaban J connectivity index is 1.85. The average molecular weight is 290 g/mol. The first-order valence-electron chi connectivity index (χ1n) is 6.60. The van der Waals surface area contributed by atoms with E-state index in [9.17, 15) is 0 Å². The van der Waals surface area contributed by atoms with Crippen LogP contribution in [0.5, 0.6) is 5.75 Å². The van der Waals surface area contributed by atoms with Crippen molar-refractivity contribution in [3.05, 3.63) is 58.9 Å². The number of hydrogen-bond donors (Lipinski definition) is 2. The summed E-state index contributed by atoms with van der Waals surface area (Å²) >= 11 is 5.81. The second-order valence-corrected chi connectivity index (χ2v) is 5.29. The van der Waals surface area contributed by atoms with Crippen LogP contribution in [0.2, 0.25) is 5.15 Å². The van der Waals surface area contributed by atoms with Gasteiger partial charge in [-0.2, -0.15) is 0 Å². The Kier molecular flexibility index (Phi) is 3.87. The minimum absolute atomic E-state index is 0.137. The SMILES string of the molecule is NNC(c1ccc(Cl)nc1)c1cccc(OC2CC2)c1. The van der Waals surface area contributed by atoms with E-state index < -0.39 is 0 Å². The zero-order valence-corrected chi connectivity index (χ0v) is 11.7. The number of pyridine rings is 1. The highest BCUT2D eigenvalue weighted by molar-refractivity contribution is 6.29. The molecule has 3 N–H and O–H groups in total. The zero-order valence-electron chi connectivity index (χ0n) is 10.9. The first kappa shape index (κ1) is 13.4. The van der Waals surface area contributed by atoms with Gasteiger partial charge < -0.3 is 4.74 Å². The van der Waals surface area contributed by atoms with E-state index in [1.807, 2.05) is 30.3 Å². The van der Waals surface area contributed by atoms with Gasteiger partial charge in [-0.05, 0) is 42.2 Å². The maximum Gasteiger partial charge on any atom is 0.129 e. The van der Waals surface area contributed by atoms with Gasteiger partial charge in [-0.15, -0.1) is 0 Å². The number of halogens is 1. The van der Waals surface area contributed by atoms with Gasteiger partial charge in [0, 0.05) is 6.20 Å². The van der Waals surface area contributed by atoms with Crippen LogP contribution in [-0.2, 0) is 0 Å². The van der Waals surface area contributed by atoms with E-state index in [-0.39, 0.29) is 6.04 Å². The summed E-state index contributed by atoms with van der Waals surface area (Å²) in [6.45, 7) is 0. The Labute approximate surface area is 122 Å². The van der Waals surface area contributed by atoms with Crippen LogP contribution in [0.25, 0.3) is 0 Å². The first-order chi connectivity index (χ1) is 9.76. The Hall–Kier alpha value is -1.62. The van der Waals surface area contributed by atoms with Crippen LogP contribution in [0, 0.1) is 0 Å². The molecule has 1 fully saturated rings. The molecule has 0 radical (unpaired) electrons. The molecule has 1 aromatic carbocycles. The quantitative estimate of drug-likeness (QED) is 0.505. The lowest BCUT2D eigenvalue weighted by molar-refractivity contribution is 0.302. The lowest BCUT2D eigenvalue weighted by Crippen LogP contribution is -2.28. The van der Waals surface area contributed by atoms with Crippen molar-refractivity contribution in [3.8, 4) is 5.75 Å². The monoisotopic (exact) mass is 289 g/mol. The summed E-state index contributed by atoms with van der Waals surface area (Å²) in [5.74, 6) is 6.57. The maximum absolute atomic E-state index is 5.81. The predicted octanol–water partition coefficient (Wildman–Crippen LogP) is 2.83. The number of hydrazine groups is 1. The van der Waals surface area contributed by atoms with Gasteiger partial charge in [0.15, 0.2) is 0 Å².